The molecule has 2 amide bonds. The molecule has 0 saturated carbocycles. The number of nitrogens with one attached hydrogen (secondary N) is 2. The highest BCUT2D eigenvalue weighted by Gasteiger charge is 2.31. The highest BCUT2D eigenvalue weighted by molar-refractivity contribution is 6.10. The second-order valence-electron chi connectivity index (χ2n) is 9.24. The Morgan fingerprint density at radius 3 is 2.89 bits per heavy atom. The van der Waals surface area contributed by atoms with E-state index in [1.54, 1.807) is 41.6 Å². The lowest BCUT2D eigenvalue weighted by Gasteiger charge is -2.30. The third-order valence-electron chi connectivity index (χ3n) is 6.79. The van der Waals surface area contributed by atoms with Gasteiger partial charge in [-0.25, -0.2) is 4.98 Å². The number of carbonyl (C=O) groups excluding carboxylic acids is 2. The molecule has 5 heterocycles. The zero-order valence-electron chi connectivity index (χ0n) is 20.4. The monoisotopic (exact) mass is 500 g/mol. The second kappa shape index (κ2) is 10.2. The average Bonchev–Trinajstić information content (AvgIpc) is 3.57. The standard InChI is InChI=1S/C27H28N6O4/c34-26(31-22-16-29-9-8-23(22)32-12-10-28-11-13-32)21-3-1-4-24(30-21)33-17-18-6-7-19(15-20(18)27(33)35)37-25-5-2-14-36-25/h1,3-4,6-9,15-16,25,28H,2,5,10-14,17H2,(H,31,34). The number of hydrogen-bond acceptors (Lipinski definition) is 8. The van der Waals surface area contributed by atoms with E-state index in [9.17, 15) is 9.59 Å². The van der Waals surface area contributed by atoms with Crippen molar-refractivity contribution in [2.75, 3.05) is 47.9 Å². The van der Waals surface area contributed by atoms with Gasteiger partial charge in [0.1, 0.15) is 17.3 Å². The van der Waals surface area contributed by atoms with Gasteiger partial charge in [0.25, 0.3) is 11.8 Å². The molecule has 10 nitrogen and oxygen atoms in total. The SMILES string of the molecule is O=C(Nc1cnccc1N1CCNCC1)c1cccc(N2Cc3ccc(OC4CCCO4)cc3C2=O)n1. The van der Waals surface area contributed by atoms with E-state index in [4.69, 9.17) is 9.47 Å². The molecule has 2 fully saturated rings. The van der Waals surface area contributed by atoms with Crippen LogP contribution < -0.4 is 25.2 Å². The summed E-state index contributed by atoms with van der Waals surface area (Å²) >= 11 is 0. The zero-order valence-corrected chi connectivity index (χ0v) is 20.4. The van der Waals surface area contributed by atoms with Gasteiger partial charge in [0.05, 0.1) is 30.7 Å². The lowest BCUT2D eigenvalue weighted by molar-refractivity contribution is -0.0390. The van der Waals surface area contributed by atoms with E-state index in [1.807, 2.05) is 18.2 Å². The average molecular weight is 501 g/mol. The Labute approximate surface area is 214 Å². The summed E-state index contributed by atoms with van der Waals surface area (Å²) in [5, 5.41) is 6.29. The first-order valence-electron chi connectivity index (χ1n) is 12.6. The van der Waals surface area contributed by atoms with E-state index in [-0.39, 0.29) is 23.8 Å². The van der Waals surface area contributed by atoms with Crippen LogP contribution in [0.3, 0.4) is 0 Å². The summed E-state index contributed by atoms with van der Waals surface area (Å²) in [7, 11) is 0. The quantitative estimate of drug-likeness (QED) is 0.532. The van der Waals surface area contributed by atoms with Gasteiger partial charge in [0, 0.05) is 44.4 Å². The van der Waals surface area contributed by atoms with Crippen LogP contribution in [-0.2, 0) is 11.3 Å². The number of ether oxygens (including phenoxy) is 2. The zero-order chi connectivity index (χ0) is 25.2. The first-order chi connectivity index (χ1) is 18.2. The fourth-order valence-electron chi connectivity index (χ4n) is 4.88. The predicted octanol–water partition coefficient (Wildman–Crippen LogP) is 2.81. The first-order valence-corrected chi connectivity index (χ1v) is 12.6. The van der Waals surface area contributed by atoms with Crippen LogP contribution in [-0.4, -0.2) is 60.9 Å². The van der Waals surface area contributed by atoms with Crippen molar-refractivity contribution in [3.05, 3.63) is 71.7 Å². The predicted molar refractivity (Wildman–Crippen MR) is 138 cm³/mol. The lowest BCUT2D eigenvalue weighted by atomic mass is 10.1. The molecular weight excluding hydrogens is 472 g/mol. The minimum Gasteiger partial charge on any atom is -0.465 e. The molecule has 2 saturated heterocycles. The Balaban J connectivity index is 1.18. The smallest absolute Gasteiger partial charge is 0.274 e. The molecule has 0 radical (unpaired) electrons. The summed E-state index contributed by atoms with van der Waals surface area (Å²) in [5.41, 5.74) is 3.23. The van der Waals surface area contributed by atoms with E-state index in [0.29, 0.717) is 36.0 Å². The van der Waals surface area contributed by atoms with Crippen LogP contribution in [0, 0.1) is 0 Å². The Bertz CT molecular complexity index is 1320. The van der Waals surface area contributed by atoms with Gasteiger partial charge in [-0.05, 0) is 42.3 Å². The number of carbonyl (C=O) groups is 2. The molecule has 0 bridgehead atoms. The van der Waals surface area contributed by atoms with Crippen molar-refractivity contribution in [3.63, 3.8) is 0 Å². The highest BCUT2D eigenvalue weighted by Crippen LogP contribution is 2.31. The summed E-state index contributed by atoms with van der Waals surface area (Å²) < 4.78 is 11.4. The number of piperazine rings is 1. The Morgan fingerprint density at radius 1 is 1.16 bits per heavy atom. The number of benzene rings is 1. The second-order valence-corrected chi connectivity index (χ2v) is 9.24. The number of aromatic nitrogens is 2. The van der Waals surface area contributed by atoms with Crippen LogP contribution in [0.1, 0.15) is 39.3 Å². The number of fused-ring (bicyclic) bond motifs is 1. The normalized spacial score (nSPS) is 19.1. The van der Waals surface area contributed by atoms with Crippen molar-refractivity contribution in [2.24, 2.45) is 0 Å². The van der Waals surface area contributed by atoms with Gasteiger partial charge in [-0.3, -0.25) is 19.5 Å². The molecule has 1 aromatic carbocycles. The molecule has 2 aromatic heterocycles. The van der Waals surface area contributed by atoms with Gasteiger partial charge in [0.2, 0.25) is 0 Å². The summed E-state index contributed by atoms with van der Waals surface area (Å²) in [6, 6.07) is 12.5. The Hall–Kier alpha value is -4.02. The molecule has 0 spiro atoms. The van der Waals surface area contributed by atoms with Gasteiger partial charge in [-0.2, -0.15) is 0 Å². The maximum Gasteiger partial charge on any atom is 0.274 e. The number of rotatable bonds is 6. The van der Waals surface area contributed by atoms with Crippen LogP contribution in [0.2, 0.25) is 0 Å². The summed E-state index contributed by atoms with van der Waals surface area (Å²) in [5.74, 6) is 0.497. The molecule has 3 aromatic rings. The van der Waals surface area contributed by atoms with Crippen molar-refractivity contribution < 1.29 is 19.1 Å². The Morgan fingerprint density at radius 2 is 2.05 bits per heavy atom. The highest BCUT2D eigenvalue weighted by atomic mass is 16.7. The van der Waals surface area contributed by atoms with Crippen molar-refractivity contribution in [3.8, 4) is 5.75 Å². The van der Waals surface area contributed by atoms with Crippen molar-refractivity contribution in [1.82, 2.24) is 15.3 Å². The summed E-state index contributed by atoms with van der Waals surface area (Å²) in [6.07, 6.45) is 4.91. The van der Waals surface area contributed by atoms with Crippen LogP contribution in [0.5, 0.6) is 5.75 Å². The van der Waals surface area contributed by atoms with E-state index in [1.165, 1.54) is 0 Å². The van der Waals surface area contributed by atoms with Gasteiger partial charge in [0.15, 0.2) is 6.29 Å². The van der Waals surface area contributed by atoms with Gasteiger partial charge in [-0.15, -0.1) is 0 Å². The first kappa shape index (κ1) is 23.4. The molecule has 1 atom stereocenters. The van der Waals surface area contributed by atoms with E-state index >= 15 is 0 Å². The van der Waals surface area contributed by atoms with Crippen LogP contribution in [0.4, 0.5) is 17.2 Å². The van der Waals surface area contributed by atoms with Gasteiger partial charge >= 0.3 is 0 Å². The molecule has 10 heteroatoms. The largest absolute Gasteiger partial charge is 0.465 e. The number of hydrogen-bond donors (Lipinski definition) is 2. The van der Waals surface area contributed by atoms with Crippen molar-refractivity contribution >= 4 is 29.0 Å². The summed E-state index contributed by atoms with van der Waals surface area (Å²) in [6.45, 7) is 4.52. The number of anilines is 3. The summed E-state index contributed by atoms with van der Waals surface area (Å²) in [4.78, 5) is 38.9. The van der Waals surface area contributed by atoms with E-state index in [0.717, 1.165) is 50.3 Å². The number of nitrogens with zero attached hydrogens (tertiary/aromatic N) is 4. The number of pyridine rings is 2. The van der Waals surface area contributed by atoms with Crippen LogP contribution >= 0.6 is 0 Å². The van der Waals surface area contributed by atoms with E-state index in [2.05, 4.69) is 25.5 Å². The maximum atomic E-state index is 13.3. The van der Waals surface area contributed by atoms with Crippen LogP contribution in [0.25, 0.3) is 0 Å². The lowest BCUT2D eigenvalue weighted by Crippen LogP contribution is -2.43. The van der Waals surface area contributed by atoms with Crippen molar-refractivity contribution in [2.45, 2.75) is 25.7 Å². The van der Waals surface area contributed by atoms with Gasteiger partial charge < -0.3 is 25.0 Å². The molecule has 0 aliphatic carbocycles. The van der Waals surface area contributed by atoms with E-state index < -0.39 is 0 Å². The molecule has 190 valence electrons. The van der Waals surface area contributed by atoms with Crippen molar-refractivity contribution in [1.29, 1.82) is 0 Å². The molecule has 37 heavy (non-hydrogen) atoms. The maximum absolute atomic E-state index is 13.3. The third-order valence-corrected chi connectivity index (χ3v) is 6.79. The molecular formula is C27H28N6O4. The molecule has 1 unspecified atom stereocenters. The fourth-order valence-corrected chi connectivity index (χ4v) is 4.88. The Kier molecular flexibility index (Phi) is 6.42. The molecule has 3 aliphatic rings. The molecule has 6 rings (SSSR count). The minimum atomic E-state index is -0.359. The van der Waals surface area contributed by atoms with Crippen LogP contribution in [0.15, 0.2) is 54.9 Å². The number of amides is 2. The third kappa shape index (κ3) is 4.85. The topological polar surface area (TPSA) is 109 Å². The van der Waals surface area contributed by atoms with Gasteiger partial charge in [-0.1, -0.05) is 12.1 Å². The molecule has 2 N–H and O–H groups in total. The molecule has 3 aliphatic heterocycles. The minimum absolute atomic E-state index is 0.175. The fraction of sp³-hybridized carbons (Fsp3) is 0.333.